The molecule has 0 atom stereocenters. The van der Waals surface area contributed by atoms with E-state index in [1.165, 1.54) is 22.4 Å². The van der Waals surface area contributed by atoms with Crippen LogP contribution in [0.5, 0.6) is 0 Å². The van der Waals surface area contributed by atoms with Crippen LogP contribution < -0.4 is 11.0 Å². The third kappa shape index (κ3) is 2.02. The molecule has 70 valence electrons. The summed E-state index contributed by atoms with van der Waals surface area (Å²) in [5.41, 5.74) is 3.01. The SMILES string of the molecule is O=C(NO)c1csc(C(=O)NO)c1. The van der Waals surface area contributed by atoms with Crippen molar-refractivity contribution in [3.63, 3.8) is 0 Å². The third-order valence-electron chi connectivity index (χ3n) is 1.29. The lowest BCUT2D eigenvalue weighted by molar-refractivity contribution is 0.0706. The minimum absolute atomic E-state index is 0.158. The van der Waals surface area contributed by atoms with Gasteiger partial charge in [-0.2, -0.15) is 0 Å². The predicted molar refractivity (Wildman–Crippen MR) is 42.8 cm³/mol. The molecule has 0 aliphatic rings. The van der Waals surface area contributed by atoms with Gasteiger partial charge in [-0.3, -0.25) is 20.0 Å². The molecule has 1 aromatic heterocycles. The summed E-state index contributed by atoms with van der Waals surface area (Å²) in [5, 5.41) is 17.9. The van der Waals surface area contributed by atoms with Crippen LogP contribution in [0.4, 0.5) is 0 Å². The van der Waals surface area contributed by atoms with Crippen molar-refractivity contribution >= 4 is 23.2 Å². The first-order valence-corrected chi connectivity index (χ1v) is 4.04. The number of hydrogen-bond acceptors (Lipinski definition) is 5. The third-order valence-corrected chi connectivity index (χ3v) is 2.22. The smallest absolute Gasteiger partial charge is 0.284 e. The van der Waals surface area contributed by atoms with Crippen LogP contribution in [-0.2, 0) is 0 Å². The van der Waals surface area contributed by atoms with Gasteiger partial charge in [0.25, 0.3) is 11.8 Å². The van der Waals surface area contributed by atoms with Crippen LogP contribution in [0.1, 0.15) is 20.0 Å². The molecule has 6 nitrogen and oxygen atoms in total. The zero-order valence-corrected chi connectivity index (χ0v) is 7.09. The molecule has 0 radical (unpaired) electrons. The predicted octanol–water partition coefficient (Wildman–Crippen LogP) is -0.0139. The summed E-state index contributed by atoms with van der Waals surface area (Å²) >= 11 is 0.982. The normalized spacial score (nSPS) is 9.38. The molecular weight excluding hydrogens is 196 g/mol. The Morgan fingerprint density at radius 1 is 1.23 bits per heavy atom. The van der Waals surface area contributed by atoms with E-state index in [-0.39, 0.29) is 10.4 Å². The van der Waals surface area contributed by atoms with E-state index in [1.807, 2.05) is 0 Å². The number of hydroxylamine groups is 2. The topological polar surface area (TPSA) is 98.7 Å². The lowest BCUT2D eigenvalue weighted by Crippen LogP contribution is -2.19. The lowest BCUT2D eigenvalue weighted by atomic mass is 10.3. The summed E-state index contributed by atoms with van der Waals surface area (Å²) < 4.78 is 0. The molecule has 0 aromatic carbocycles. The molecule has 0 aliphatic heterocycles. The Balaban J connectivity index is 2.86. The average Bonchev–Trinajstić information content (AvgIpc) is 2.64. The van der Waals surface area contributed by atoms with E-state index in [1.54, 1.807) is 0 Å². The Kier molecular flexibility index (Phi) is 2.96. The van der Waals surface area contributed by atoms with E-state index in [0.717, 1.165) is 11.3 Å². The van der Waals surface area contributed by atoms with Crippen molar-refractivity contribution in [1.82, 2.24) is 11.0 Å². The molecule has 1 heterocycles. The highest BCUT2D eigenvalue weighted by Gasteiger charge is 2.11. The van der Waals surface area contributed by atoms with Crippen molar-refractivity contribution in [2.75, 3.05) is 0 Å². The molecule has 1 rings (SSSR count). The summed E-state index contributed by atoms with van der Waals surface area (Å²) in [5.74, 6) is -1.39. The van der Waals surface area contributed by atoms with Crippen LogP contribution in [0.3, 0.4) is 0 Å². The zero-order chi connectivity index (χ0) is 9.84. The lowest BCUT2D eigenvalue weighted by Gasteiger charge is -1.92. The van der Waals surface area contributed by atoms with Crippen molar-refractivity contribution in [1.29, 1.82) is 0 Å². The molecule has 1 aromatic rings. The number of hydrogen-bond donors (Lipinski definition) is 4. The van der Waals surface area contributed by atoms with Crippen LogP contribution in [0, 0.1) is 0 Å². The molecule has 13 heavy (non-hydrogen) atoms. The van der Waals surface area contributed by atoms with Gasteiger partial charge in [-0.25, -0.2) is 11.0 Å². The van der Waals surface area contributed by atoms with Gasteiger partial charge in [-0.15, -0.1) is 11.3 Å². The molecule has 0 fully saturated rings. The molecule has 0 aliphatic carbocycles. The van der Waals surface area contributed by atoms with E-state index in [0.29, 0.717) is 0 Å². The van der Waals surface area contributed by atoms with Crippen LogP contribution >= 0.6 is 11.3 Å². The minimum Gasteiger partial charge on any atom is -0.288 e. The van der Waals surface area contributed by atoms with Gasteiger partial charge in [-0.1, -0.05) is 0 Å². The van der Waals surface area contributed by atoms with Gasteiger partial charge >= 0.3 is 0 Å². The Bertz CT molecular complexity index is 305. The Hall–Kier alpha value is -1.44. The van der Waals surface area contributed by atoms with Crippen molar-refractivity contribution < 1.29 is 20.0 Å². The Labute approximate surface area is 76.7 Å². The van der Waals surface area contributed by atoms with Crippen LogP contribution in [-0.4, -0.2) is 22.2 Å². The fraction of sp³-hybridized carbons (Fsp3) is 0. The Morgan fingerprint density at radius 3 is 2.38 bits per heavy atom. The van der Waals surface area contributed by atoms with Gasteiger partial charge in [0.05, 0.1) is 10.4 Å². The monoisotopic (exact) mass is 202 g/mol. The number of thiophene rings is 1. The van der Waals surface area contributed by atoms with Gasteiger partial charge in [0.2, 0.25) is 0 Å². The van der Waals surface area contributed by atoms with E-state index in [9.17, 15) is 9.59 Å². The second-order valence-electron chi connectivity index (χ2n) is 2.08. The minimum atomic E-state index is -0.701. The largest absolute Gasteiger partial charge is 0.288 e. The standard InChI is InChI=1S/C6H6N2O4S/c9-5(7-11)3-1-4(13-2-3)6(10)8-12/h1-2,11-12H,(H,7,9)(H,8,10). The molecular formula is C6H6N2O4S. The molecule has 0 bridgehead atoms. The molecule has 7 heteroatoms. The summed E-state index contributed by atoms with van der Waals surface area (Å²) in [4.78, 5) is 21.8. The molecule has 0 unspecified atom stereocenters. The highest BCUT2D eigenvalue weighted by atomic mass is 32.1. The van der Waals surface area contributed by atoms with Gasteiger partial charge in [0.1, 0.15) is 0 Å². The number of rotatable bonds is 2. The first-order valence-electron chi connectivity index (χ1n) is 3.16. The first kappa shape index (κ1) is 9.65. The Morgan fingerprint density at radius 2 is 1.85 bits per heavy atom. The van der Waals surface area contributed by atoms with E-state index in [4.69, 9.17) is 10.4 Å². The molecule has 0 saturated carbocycles. The molecule has 0 saturated heterocycles. The fourth-order valence-electron chi connectivity index (χ4n) is 0.694. The summed E-state index contributed by atoms with van der Waals surface area (Å²) in [6, 6.07) is 1.25. The number of amides is 2. The van der Waals surface area contributed by atoms with Crippen molar-refractivity contribution in [3.05, 3.63) is 21.9 Å². The summed E-state index contributed by atoms with van der Waals surface area (Å²) in [7, 11) is 0. The fourth-order valence-corrected chi connectivity index (χ4v) is 1.47. The van der Waals surface area contributed by atoms with Crippen LogP contribution in [0.25, 0.3) is 0 Å². The van der Waals surface area contributed by atoms with Gasteiger partial charge in [-0.05, 0) is 6.07 Å². The average molecular weight is 202 g/mol. The van der Waals surface area contributed by atoms with Gasteiger partial charge < -0.3 is 0 Å². The van der Waals surface area contributed by atoms with E-state index < -0.39 is 11.8 Å². The summed E-state index contributed by atoms with van der Waals surface area (Å²) in [6.07, 6.45) is 0. The number of carbonyl (C=O) groups is 2. The number of carbonyl (C=O) groups excluding carboxylic acids is 2. The second kappa shape index (κ2) is 3.99. The van der Waals surface area contributed by atoms with E-state index >= 15 is 0 Å². The maximum absolute atomic E-state index is 10.8. The highest BCUT2D eigenvalue weighted by molar-refractivity contribution is 7.12. The van der Waals surface area contributed by atoms with Gasteiger partial charge in [0.15, 0.2) is 0 Å². The molecule has 0 spiro atoms. The molecule has 4 N–H and O–H groups in total. The zero-order valence-electron chi connectivity index (χ0n) is 6.27. The van der Waals surface area contributed by atoms with E-state index in [2.05, 4.69) is 0 Å². The van der Waals surface area contributed by atoms with Crippen molar-refractivity contribution in [2.45, 2.75) is 0 Å². The highest BCUT2D eigenvalue weighted by Crippen LogP contribution is 2.13. The number of nitrogens with one attached hydrogen (secondary N) is 2. The van der Waals surface area contributed by atoms with Gasteiger partial charge in [0, 0.05) is 5.38 Å². The maximum Gasteiger partial charge on any atom is 0.284 e. The molecule has 2 amide bonds. The van der Waals surface area contributed by atoms with Crippen molar-refractivity contribution in [3.8, 4) is 0 Å². The maximum atomic E-state index is 10.8. The van der Waals surface area contributed by atoms with Crippen LogP contribution in [0.2, 0.25) is 0 Å². The van der Waals surface area contributed by atoms with Crippen molar-refractivity contribution in [2.24, 2.45) is 0 Å². The first-order chi connectivity index (χ1) is 6.19. The second-order valence-corrected chi connectivity index (χ2v) is 2.99. The van der Waals surface area contributed by atoms with Crippen LogP contribution in [0.15, 0.2) is 11.4 Å². The summed E-state index contributed by atoms with van der Waals surface area (Å²) in [6.45, 7) is 0. The quantitative estimate of drug-likeness (QED) is 0.400.